The van der Waals surface area contributed by atoms with Gasteiger partial charge in [-0.05, 0) is 52.5 Å². The maximum atomic E-state index is 13.7. The summed E-state index contributed by atoms with van der Waals surface area (Å²) in [6.07, 6.45) is 2.27. The Balaban J connectivity index is 2.21. The van der Waals surface area contributed by atoms with Crippen molar-refractivity contribution in [3.05, 3.63) is 57.7 Å². The molecule has 94 valence electrons. The number of rotatable bonds is 3. The minimum Gasteiger partial charge on any atom is -0.383 e. The van der Waals surface area contributed by atoms with Crippen LogP contribution in [-0.4, -0.2) is 4.98 Å². The van der Waals surface area contributed by atoms with Gasteiger partial charge in [0, 0.05) is 11.8 Å². The number of nitrogens with two attached hydrogens (primary N) is 1. The number of aryl methyl sites for hydroxylation is 1. The zero-order chi connectivity index (χ0) is 13.1. The zero-order valence-electron chi connectivity index (χ0n) is 9.46. The highest BCUT2D eigenvalue weighted by atomic mass is 79.9. The Morgan fingerprint density at radius 2 is 1.94 bits per heavy atom. The molecular weight excluding hydrogens is 302 g/mol. The first-order valence-corrected chi connectivity index (χ1v) is 6.20. The minimum atomic E-state index is -0.558. The van der Waals surface area contributed by atoms with Crippen LogP contribution in [0.3, 0.4) is 0 Å². The highest BCUT2D eigenvalue weighted by Gasteiger charge is 2.12. The summed E-state index contributed by atoms with van der Waals surface area (Å²) in [5.41, 5.74) is 6.53. The number of hydrogen-bond acceptors (Lipinski definition) is 2. The first-order valence-electron chi connectivity index (χ1n) is 5.41. The SMILES string of the molecule is Nc1ncccc1CCc1c(F)ccc(Br)c1F. The standard InChI is InChI=1S/C13H11BrF2N2/c14-10-5-6-11(15)9(12(10)16)4-3-8-2-1-7-18-13(8)17/h1-2,5-7H,3-4H2,(H2,17,18). The van der Waals surface area contributed by atoms with E-state index in [1.807, 2.05) is 0 Å². The summed E-state index contributed by atoms with van der Waals surface area (Å²) in [6, 6.07) is 6.15. The minimum absolute atomic E-state index is 0.0626. The number of hydrogen-bond donors (Lipinski definition) is 1. The maximum Gasteiger partial charge on any atom is 0.143 e. The summed E-state index contributed by atoms with van der Waals surface area (Å²) >= 11 is 3.04. The predicted molar refractivity (Wildman–Crippen MR) is 70.1 cm³/mol. The molecule has 0 aliphatic rings. The number of pyridine rings is 1. The number of nitrogen functional groups attached to an aromatic ring is 1. The van der Waals surface area contributed by atoms with Crippen molar-refractivity contribution >= 4 is 21.7 Å². The quantitative estimate of drug-likeness (QED) is 0.881. The third kappa shape index (κ3) is 2.67. The van der Waals surface area contributed by atoms with Gasteiger partial charge in [-0.3, -0.25) is 0 Å². The van der Waals surface area contributed by atoms with E-state index in [1.165, 1.54) is 12.1 Å². The first-order chi connectivity index (χ1) is 8.59. The molecule has 2 rings (SSSR count). The van der Waals surface area contributed by atoms with Crippen LogP contribution < -0.4 is 5.73 Å². The van der Waals surface area contributed by atoms with Crippen molar-refractivity contribution in [3.63, 3.8) is 0 Å². The van der Waals surface area contributed by atoms with E-state index >= 15 is 0 Å². The molecule has 2 nitrogen and oxygen atoms in total. The Bertz CT molecular complexity index is 573. The van der Waals surface area contributed by atoms with E-state index in [1.54, 1.807) is 18.3 Å². The molecular formula is C13H11BrF2N2. The predicted octanol–water partition coefficient (Wildman–Crippen LogP) is 3.49. The van der Waals surface area contributed by atoms with Crippen LogP contribution in [-0.2, 0) is 12.8 Å². The molecule has 0 saturated carbocycles. The van der Waals surface area contributed by atoms with Crippen molar-refractivity contribution < 1.29 is 8.78 Å². The van der Waals surface area contributed by atoms with Crippen LogP contribution in [0.1, 0.15) is 11.1 Å². The van der Waals surface area contributed by atoms with E-state index < -0.39 is 11.6 Å². The fourth-order valence-electron chi connectivity index (χ4n) is 1.72. The molecule has 0 atom stereocenters. The van der Waals surface area contributed by atoms with Gasteiger partial charge in [-0.1, -0.05) is 6.07 Å². The lowest BCUT2D eigenvalue weighted by Gasteiger charge is -2.07. The van der Waals surface area contributed by atoms with Crippen molar-refractivity contribution in [1.29, 1.82) is 0 Å². The van der Waals surface area contributed by atoms with Gasteiger partial charge in [-0.2, -0.15) is 0 Å². The van der Waals surface area contributed by atoms with Crippen LogP contribution >= 0.6 is 15.9 Å². The van der Waals surface area contributed by atoms with Gasteiger partial charge in [0.15, 0.2) is 0 Å². The summed E-state index contributed by atoms with van der Waals surface area (Å²) in [6.45, 7) is 0. The van der Waals surface area contributed by atoms with E-state index in [0.717, 1.165) is 5.56 Å². The van der Waals surface area contributed by atoms with E-state index in [0.29, 0.717) is 12.2 Å². The molecule has 18 heavy (non-hydrogen) atoms. The molecule has 0 radical (unpaired) electrons. The summed E-state index contributed by atoms with van der Waals surface area (Å²) < 4.78 is 27.5. The van der Waals surface area contributed by atoms with Gasteiger partial charge in [0.1, 0.15) is 17.5 Å². The molecule has 0 bridgehead atoms. The number of benzene rings is 1. The molecule has 2 aromatic rings. The lowest BCUT2D eigenvalue weighted by Crippen LogP contribution is -2.02. The van der Waals surface area contributed by atoms with E-state index in [2.05, 4.69) is 20.9 Å². The molecule has 5 heteroatoms. The van der Waals surface area contributed by atoms with Crippen LogP contribution in [0.2, 0.25) is 0 Å². The highest BCUT2D eigenvalue weighted by Crippen LogP contribution is 2.23. The molecule has 0 saturated heterocycles. The smallest absolute Gasteiger partial charge is 0.143 e. The Kier molecular flexibility index (Phi) is 3.91. The molecule has 1 heterocycles. The molecule has 0 unspecified atom stereocenters. The summed E-state index contributed by atoms with van der Waals surface area (Å²) in [7, 11) is 0. The summed E-state index contributed by atoms with van der Waals surface area (Å²) in [5, 5.41) is 0. The number of anilines is 1. The van der Waals surface area contributed by atoms with E-state index in [9.17, 15) is 8.78 Å². The van der Waals surface area contributed by atoms with Crippen molar-refractivity contribution in [2.75, 3.05) is 5.73 Å². The van der Waals surface area contributed by atoms with Crippen LogP contribution in [0.25, 0.3) is 0 Å². The average Bonchev–Trinajstić information content (AvgIpc) is 2.36. The number of halogens is 3. The molecule has 0 aliphatic carbocycles. The fourth-order valence-corrected chi connectivity index (χ4v) is 2.09. The third-order valence-corrected chi connectivity index (χ3v) is 3.32. The van der Waals surface area contributed by atoms with Crippen molar-refractivity contribution in [2.24, 2.45) is 0 Å². The molecule has 2 N–H and O–H groups in total. The molecule has 0 spiro atoms. The molecule has 0 fully saturated rings. The molecule has 0 aliphatic heterocycles. The van der Waals surface area contributed by atoms with Gasteiger partial charge in [0.05, 0.1) is 4.47 Å². The first kappa shape index (κ1) is 13.0. The van der Waals surface area contributed by atoms with Crippen LogP contribution in [0.15, 0.2) is 34.9 Å². The van der Waals surface area contributed by atoms with Crippen LogP contribution in [0, 0.1) is 11.6 Å². The summed E-state index contributed by atoms with van der Waals surface area (Å²) in [4.78, 5) is 3.93. The summed E-state index contributed by atoms with van der Waals surface area (Å²) in [5.74, 6) is -0.705. The van der Waals surface area contributed by atoms with Gasteiger partial charge in [0.25, 0.3) is 0 Å². The molecule has 1 aromatic heterocycles. The Hall–Kier alpha value is -1.49. The zero-order valence-corrected chi connectivity index (χ0v) is 11.0. The second-order valence-corrected chi connectivity index (χ2v) is 4.72. The third-order valence-electron chi connectivity index (χ3n) is 2.71. The fraction of sp³-hybridized carbons (Fsp3) is 0.154. The van der Waals surface area contributed by atoms with Crippen LogP contribution in [0.5, 0.6) is 0 Å². The van der Waals surface area contributed by atoms with Gasteiger partial charge >= 0.3 is 0 Å². The second kappa shape index (κ2) is 5.44. The lowest BCUT2D eigenvalue weighted by molar-refractivity contribution is 0.550. The van der Waals surface area contributed by atoms with Crippen LogP contribution in [0.4, 0.5) is 14.6 Å². The number of aromatic nitrogens is 1. The van der Waals surface area contributed by atoms with Crippen molar-refractivity contribution in [1.82, 2.24) is 4.98 Å². The molecule has 1 aromatic carbocycles. The van der Waals surface area contributed by atoms with Gasteiger partial charge in [0.2, 0.25) is 0 Å². The topological polar surface area (TPSA) is 38.9 Å². The number of nitrogens with zero attached hydrogens (tertiary/aromatic N) is 1. The Morgan fingerprint density at radius 1 is 1.17 bits per heavy atom. The van der Waals surface area contributed by atoms with E-state index in [-0.39, 0.29) is 16.5 Å². The second-order valence-electron chi connectivity index (χ2n) is 3.87. The molecule has 0 amide bonds. The monoisotopic (exact) mass is 312 g/mol. The largest absolute Gasteiger partial charge is 0.383 e. The van der Waals surface area contributed by atoms with Crippen molar-refractivity contribution in [2.45, 2.75) is 12.8 Å². The maximum absolute atomic E-state index is 13.7. The van der Waals surface area contributed by atoms with Gasteiger partial charge in [-0.15, -0.1) is 0 Å². The van der Waals surface area contributed by atoms with Gasteiger partial charge in [-0.25, -0.2) is 13.8 Å². The Morgan fingerprint density at radius 3 is 2.67 bits per heavy atom. The van der Waals surface area contributed by atoms with E-state index in [4.69, 9.17) is 5.73 Å². The highest BCUT2D eigenvalue weighted by molar-refractivity contribution is 9.10. The van der Waals surface area contributed by atoms with Gasteiger partial charge < -0.3 is 5.73 Å². The Labute approximate surface area is 112 Å². The van der Waals surface area contributed by atoms with Crippen molar-refractivity contribution in [3.8, 4) is 0 Å². The average molecular weight is 313 g/mol. The lowest BCUT2D eigenvalue weighted by atomic mass is 10.0. The normalized spacial score (nSPS) is 10.6.